The maximum absolute atomic E-state index is 13.0. The van der Waals surface area contributed by atoms with Gasteiger partial charge in [0.2, 0.25) is 0 Å². The molecule has 0 spiro atoms. The van der Waals surface area contributed by atoms with Crippen molar-refractivity contribution in [1.82, 2.24) is 9.80 Å². The summed E-state index contributed by atoms with van der Waals surface area (Å²) in [5, 5.41) is 18.7. The van der Waals surface area contributed by atoms with Crippen molar-refractivity contribution in [3.8, 4) is 5.75 Å². The molecule has 1 aromatic rings. The Morgan fingerprint density at radius 2 is 2.04 bits per heavy atom. The first-order chi connectivity index (χ1) is 11.5. The molecule has 24 heavy (non-hydrogen) atoms. The molecule has 6 nitrogen and oxygen atoms in total. The van der Waals surface area contributed by atoms with E-state index in [0.29, 0.717) is 30.9 Å². The number of carbonyl (C=O) groups is 1. The Bertz CT molecular complexity index is 564. The second-order valence-electron chi connectivity index (χ2n) is 6.55. The van der Waals surface area contributed by atoms with Crippen LogP contribution in [0.5, 0.6) is 5.75 Å². The minimum Gasteiger partial charge on any atom is -0.496 e. The van der Waals surface area contributed by atoms with Crippen LogP contribution in [0.2, 0.25) is 0 Å². The zero-order valence-corrected chi connectivity index (χ0v) is 14.7. The topological polar surface area (TPSA) is 73.2 Å². The van der Waals surface area contributed by atoms with E-state index in [9.17, 15) is 9.90 Å². The summed E-state index contributed by atoms with van der Waals surface area (Å²) in [6, 6.07) is 5.58. The number of rotatable bonds is 7. The predicted octanol–water partition coefficient (Wildman–Crippen LogP) is 0.608. The van der Waals surface area contributed by atoms with Crippen molar-refractivity contribution in [1.29, 1.82) is 0 Å². The maximum atomic E-state index is 13.0. The Kier molecular flexibility index (Phi) is 6.60. The normalized spacial score (nSPS) is 20.7. The van der Waals surface area contributed by atoms with Gasteiger partial charge in [0, 0.05) is 38.7 Å². The quantitative estimate of drug-likeness (QED) is 0.763. The highest BCUT2D eigenvalue weighted by atomic mass is 16.5. The zero-order valence-electron chi connectivity index (χ0n) is 14.7. The first kappa shape index (κ1) is 18.7. The first-order valence-corrected chi connectivity index (χ1v) is 8.35. The lowest BCUT2D eigenvalue weighted by molar-refractivity contribution is 0.0775. The highest BCUT2D eigenvalue weighted by molar-refractivity contribution is 5.98. The smallest absolute Gasteiger partial charge is 0.257 e. The number of hydrogen-bond acceptors (Lipinski definition) is 5. The van der Waals surface area contributed by atoms with Crippen LogP contribution in [0.15, 0.2) is 18.2 Å². The van der Waals surface area contributed by atoms with E-state index in [0.717, 1.165) is 12.1 Å². The van der Waals surface area contributed by atoms with Gasteiger partial charge in [0.25, 0.3) is 5.91 Å². The molecule has 6 heteroatoms. The molecule has 1 fully saturated rings. The van der Waals surface area contributed by atoms with Crippen LogP contribution in [0.1, 0.15) is 15.9 Å². The van der Waals surface area contributed by atoms with Crippen molar-refractivity contribution in [3.63, 3.8) is 0 Å². The Morgan fingerprint density at radius 1 is 1.33 bits per heavy atom. The molecule has 1 aliphatic rings. The van der Waals surface area contributed by atoms with Crippen molar-refractivity contribution in [3.05, 3.63) is 29.3 Å². The van der Waals surface area contributed by atoms with Crippen LogP contribution >= 0.6 is 0 Å². The molecule has 2 rings (SSSR count). The van der Waals surface area contributed by atoms with E-state index in [2.05, 4.69) is 0 Å². The molecule has 1 aliphatic heterocycles. The highest BCUT2D eigenvalue weighted by Crippen LogP contribution is 2.29. The van der Waals surface area contributed by atoms with Crippen LogP contribution in [0.3, 0.4) is 0 Å². The summed E-state index contributed by atoms with van der Waals surface area (Å²) in [6.45, 7) is 4.57. The third-order valence-corrected chi connectivity index (χ3v) is 4.79. The molecule has 0 bridgehead atoms. The molecule has 1 heterocycles. The minimum atomic E-state index is -0.0456. The van der Waals surface area contributed by atoms with Gasteiger partial charge in [-0.25, -0.2) is 0 Å². The van der Waals surface area contributed by atoms with Crippen LogP contribution in [0.4, 0.5) is 0 Å². The van der Waals surface area contributed by atoms with Crippen molar-refractivity contribution in [2.24, 2.45) is 11.8 Å². The Labute approximate surface area is 143 Å². The Morgan fingerprint density at radius 3 is 2.67 bits per heavy atom. The van der Waals surface area contributed by atoms with Crippen LogP contribution < -0.4 is 4.74 Å². The van der Waals surface area contributed by atoms with E-state index in [4.69, 9.17) is 9.84 Å². The van der Waals surface area contributed by atoms with Crippen LogP contribution in [0, 0.1) is 18.8 Å². The van der Waals surface area contributed by atoms with Crippen LogP contribution in [-0.2, 0) is 0 Å². The van der Waals surface area contributed by atoms with Crippen molar-refractivity contribution in [2.75, 3.05) is 53.6 Å². The average molecular weight is 336 g/mol. The fourth-order valence-electron chi connectivity index (χ4n) is 3.42. The lowest BCUT2D eigenvalue weighted by Gasteiger charge is -2.23. The molecule has 0 aliphatic carbocycles. The molecule has 1 aromatic carbocycles. The molecular weight excluding hydrogens is 308 g/mol. The number of aliphatic hydroxyl groups excluding tert-OH is 2. The van der Waals surface area contributed by atoms with E-state index in [1.807, 2.05) is 35.9 Å². The number of ether oxygens (including phenoxy) is 1. The number of hydrogen-bond donors (Lipinski definition) is 2. The van der Waals surface area contributed by atoms with Gasteiger partial charge in [-0.3, -0.25) is 4.79 Å². The van der Waals surface area contributed by atoms with E-state index in [-0.39, 0.29) is 31.0 Å². The van der Waals surface area contributed by atoms with Crippen molar-refractivity contribution < 1.29 is 19.7 Å². The SMILES string of the molecule is COc1cccc(C)c1C(=O)N1C[C@@H](CN(C)CCO)[C@@H](CO)C1. The summed E-state index contributed by atoms with van der Waals surface area (Å²) in [5.74, 6) is 0.799. The van der Waals surface area contributed by atoms with Gasteiger partial charge in [-0.2, -0.15) is 0 Å². The highest BCUT2D eigenvalue weighted by Gasteiger charge is 2.36. The number of likely N-dealkylation sites (tertiary alicyclic amines) is 1. The summed E-state index contributed by atoms with van der Waals surface area (Å²) in [6.07, 6.45) is 0. The second-order valence-corrected chi connectivity index (χ2v) is 6.55. The average Bonchev–Trinajstić information content (AvgIpc) is 2.97. The summed E-state index contributed by atoms with van der Waals surface area (Å²) in [4.78, 5) is 16.8. The molecule has 2 atom stereocenters. The number of benzene rings is 1. The summed E-state index contributed by atoms with van der Waals surface area (Å²) < 4.78 is 5.35. The van der Waals surface area contributed by atoms with Crippen molar-refractivity contribution >= 4 is 5.91 Å². The molecule has 1 amide bonds. The Hall–Kier alpha value is -1.63. The maximum Gasteiger partial charge on any atom is 0.257 e. The number of amides is 1. The van der Waals surface area contributed by atoms with Gasteiger partial charge >= 0.3 is 0 Å². The van der Waals surface area contributed by atoms with Gasteiger partial charge in [0.1, 0.15) is 5.75 Å². The standard InChI is InChI=1S/C18H28N2O4/c1-13-5-4-6-16(24-3)17(13)18(23)20-10-14(15(11-20)12-22)9-19(2)7-8-21/h4-6,14-15,21-22H,7-12H2,1-3H3/t14-,15-/m1/s1. The molecule has 0 unspecified atom stereocenters. The minimum absolute atomic E-state index is 0.0456. The molecule has 0 saturated carbocycles. The molecule has 0 aromatic heterocycles. The van der Waals surface area contributed by atoms with E-state index in [1.54, 1.807) is 13.2 Å². The largest absolute Gasteiger partial charge is 0.496 e. The monoisotopic (exact) mass is 336 g/mol. The van der Waals surface area contributed by atoms with E-state index in [1.165, 1.54) is 0 Å². The van der Waals surface area contributed by atoms with E-state index < -0.39 is 0 Å². The van der Waals surface area contributed by atoms with E-state index >= 15 is 0 Å². The fraction of sp³-hybridized carbons (Fsp3) is 0.611. The van der Waals surface area contributed by atoms with Gasteiger partial charge in [-0.1, -0.05) is 12.1 Å². The van der Waals surface area contributed by atoms with Gasteiger partial charge in [0.15, 0.2) is 0 Å². The van der Waals surface area contributed by atoms with Crippen LogP contribution in [-0.4, -0.2) is 79.5 Å². The van der Waals surface area contributed by atoms with Gasteiger partial charge < -0.3 is 24.7 Å². The molecular formula is C18H28N2O4. The summed E-state index contributed by atoms with van der Waals surface area (Å²) >= 11 is 0. The number of methoxy groups -OCH3 is 1. The second kappa shape index (κ2) is 8.46. The Balaban J connectivity index is 2.14. The lowest BCUT2D eigenvalue weighted by Crippen LogP contribution is -2.33. The molecule has 0 radical (unpaired) electrons. The lowest BCUT2D eigenvalue weighted by atomic mass is 9.96. The third kappa shape index (κ3) is 4.06. The molecule has 134 valence electrons. The summed E-state index contributed by atoms with van der Waals surface area (Å²) in [7, 11) is 3.51. The predicted molar refractivity (Wildman–Crippen MR) is 92.3 cm³/mol. The van der Waals surface area contributed by atoms with Gasteiger partial charge in [-0.05, 0) is 31.5 Å². The zero-order chi connectivity index (χ0) is 17.7. The number of aliphatic hydroxyl groups is 2. The van der Waals surface area contributed by atoms with Gasteiger partial charge in [0.05, 0.1) is 19.3 Å². The summed E-state index contributed by atoms with van der Waals surface area (Å²) in [5.41, 5.74) is 1.49. The first-order valence-electron chi connectivity index (χ1n) is 8.35. The number of nitrogens with zero attached hydrogens (tertiary/aromatic N) is 2. The molecule has 2 N–H and O–H groups in total. The van der Waals surface area contributed by atoms with Crippen LogP contribution in [0.25, 0.3) is 0 Å². The van der Waals surface area contributed by atoms with Gasteiger partial charge in [-0.15, -0.1) is 0 Å². The number of likely N-dealkylation sites (N-methyl/N-ethyl adjacent to an activating group) is 1. The number of aryl methyl sites for hydroxylation is 1. The third-order valence-electron chi connectivity index (χ3n) is 4.79. The molecule has 1 saturated heterocycles. The van der Waals surface area contributed by atoms with Crippen molar-refractivity contribution in [2.45, 2.75) is 6.92 Å². The number of carbonyl (C=O) groups excluding carboxylic acids is 1. The fourth-order valence-corrected chi connectivity index (χ4v) is 3.42.